The standard InChI is InChI=1S/C19H26O2/c1-5-18(20)21-17-13-14(2)11-12-16(17)19(3,4)15-9-7-6-8-10-15/h5-10,14,16-17H,1,11-13H2,2-4H3. The molecule has 0 amide bonds. The summed E-state index contributed by atoms with van der Waals surface area (Å²) in [5.41, 5.74) is 1.30. The van der Waals surface area contributed by atoms with Crippen LogP contribution >= 0.6 is 0 Å². The average Bonchev–Trinajstić information content (AvgIpc) is 2.48. The maximum Gasteiger partial charge on any atom is 0.330 e. The van der Waals surface area contributed by atoms with Crippen LogP contribution in [0.15, 0.2) is 43.0 Å². The number of benzene rings is 1. The van der Waals surface area contributed by atoms with Crippen LogP contribution in [0.1, 0.15) is 45.6 Å². The predicted molar refractivity (Wildman–Crippen MR) is 86.1 cm³/mol. The Morgan fingerprint density at radius 2 is 1.95 bits per heavy atom. The zero-order chi connectivity index (χ0) is 15.5. The number of rotatable bonds is 4. The van der Waals surface area contributed by atoms with Crippen LogP contribution in [0.5, 0.6) is 0 Å². The van der Waals surface area contributed by atoms with Gasteiger partial charge in [-0.15, -0.1) is 0 Å². The van der Waals surface area contributed by atoms with Crippen molar-refractivity contribution >= 4 is 5.97 Å². The summed E-state index contributed by atoms with van der Waals surface area (Å²) in [4.78, 5) is 11.7. The van der Waals surface area contributed by atoms with Crippen LogP contribution in [0.3, 0.4) is 0 Å². The molecule has 0 radical (unpaired) electrons. The van der Waals surface area contributed by atoms with Gasteiger partial charge in [-0.05, 0) is 29.7 Å². The predicted octanol–water partition coefficient (Wildman–Crippen LogP) is 4.50. The van der Waals surface area contributed by atoms with Crippen LogP contribution in [-0.2, 0) is 14.9 Å². The van der Waals surface area contributed by atoms with Crippen molar-refractivity contribution < 1.29 is 9.53 Å². The molecule has 3 unspecified atom stereocenters. The van der Waals surface area contributed by atoms with Crippen LogP contribution < -0.4 is 0 Å². The molecule has 0 N–H and O–H groups in total. The van der Waals surface area contributed by atoms with Crippen molar-refractivity contribution in [3.05, 3.63) is 48.6 Å². The van der Waals surface area contributed by atoms with Crippen LogP contribution in [-0.4, -0.2) is 12.1 Å². The van der Waals surface area contributed by atoms with Crippen LogP contribution in [0.2, 0.25) is 0 Å². The first-order valence-electron chi connectivity index (χ1n) is 7.83. The van der Waals surface area contributed by atoms with Gasteiger partial charge in [0.15, 0.2) is 0 Å². The Morgan fingerprint density at radius 1 is 1.29 bits per heavy atom. The van der Waals surface area contributed by atoms with Gasteiger partial charge in [-0.2, -0.15) is 0 Å². The molecule has 2 heteroatoms. The molecule has 1 fully saturated rings. The largest absolute Gasteiger partial charge is 0.459 e. The summed E-state index contributed by atoms with van der Waals surface area (Å²) in [5, 5.41) is 0. The maximum atomic E-state index is 11.7. The number of carbonyl (C=O) groups excluding carboxylic acids is 1. The maximum absolute atomic E-state index is 11.7. The summed E-state index contributed by atoms with van der Waals surface area (Å²) in [5.74, 6) is 0.651. The highest BCUT2D eigenvalue weighted by atomic mass is 16.5. The van der Waals surface area contributed by atoms with Gasteiger partial charge >= 0.3 is 5.97 Å². The van der Waals surface area contributed by atoms with Crippen molar-refractivity contribution in [1.29, 1.82) is 0 Å². The molecular weight excluding hydrogens is 260 g/mol. The molecule has 1 aromatic carbocycles. The summed E-state index contributed by atoms with van der Waals surface area (Å²) in [6.45, 7) is 10.3. The van der Waals surface area contributed by atoms with E-state index >= 15 is 0 Å². The summed E-state index contributed by atoms with van der Waals surface area (Å²) < 4.78 is 5.67. The third-order valence-electron chi connectivity index (χ3n) is 4.93. The van der Waals surface area contributed by atoms with Gasteiger partial charge in [0, 0.05) is 12.0 Å². The lowest BCUT2D eigenvalue weighted by atomic mass is 9.64. The molecule has 1 aliphatic carbocycles. The molecule has 2 rings (SSSR count). The zero-order valence-electron chi connectivity index (χ0n) is 13.3. The molecule has 1 aliphatic rings. The molecule has 0 bridgehead atoms. The first-order chi connectivity index (χ1) is 9.95. The minimum absolute atomic E-state index is 0.00643. The minimum Gasteiger partial charge on any atom is -0.459 e. The normalized spacial score (nSPS) is 26.1. The second-order valence-corrected chi connectivity index (χ2v) is 6.79. The average molecular weight is 286 g/mol. The van der Waals surface area contributed by atoms with Gasteiger partial charge in [0.25, 0.3) is 0 Å². The Hall–Kier alpha value is -1.57. The number of hydrogen-bond acceptors (Lipinski definition) is 2. The lowest BCUT2D eigenvalue weighted by Crippen LogP contribution is -2.43. The molecule has 21 heavy (non-hydrogen) atoms. The van der Waals surface area contributed by atoms with Gasteiger partial charge in [-0.3, -0.25) is 0 Å². The molecule has 2 nitrogen and oxygen atoms in total. The molecule has 3 atom stereocenters. The van der Waals surface area contributed by atoms with E-state index in [-0.39, 0.29) is 17.5 Å². The summed E-state index contributed by atoms with van der Waals surface area (Å²) in [7, 11) is 0. The topological polar surface area (TPSA) is 26.3 Å². The highest BCUT2D eigenvalue weighted by molar-refractivity contribution is 5.81. The second-order valence-electron chi connectivity index (χ2n) is 6.79. The van der Waals surface area contributed by atoms with Crippen LogP contribution in [0.4, 0.5) is 0 Å². The monoisotopic (exact) mass is 286 g/mol. The Labute approximate surface area is 128 Å². The van der Waals surface area contributed by atoms with E-state index in [1.807, 2.05) is 6.07 Å². The first-order valence-corrected chi connectivity index (χ1v) is 7.83. The van der Waals surface area contributed by atoms with Crippen molar-refractivity contribution in [2.24, 2.45) is 11.8 Å². The highest BCUT2D eigenvalue weighted by Crippen LogP contribution is 2.43. The van der Waals surface area contributed by atoms with Gasteiger partial charge in [0.2, 0.25) is 0 Å². The highest BCUT2D eigenvalue weighted by Gasteiger charge is 2.41. The smallest absolute Gasteiger partial charge is 0.330 e. The second kappa shape index (κ2) is 6.46. The number of hydrogen-bond donors (Lipinski definition) is 0. The van der Waals surface area contributed by atoms with E-state index in [1.54, 1.807) is 0 Å². The molecule has 1 saturated carbocycles. The van der Waals surface area contributed by atoms with Crippen molar-refractivity contribution in [3.63, 3.8) is 0 Å². The summed E-state index contributed by atoms with van der Waals surface area (Å²) >= 11 is 0. The van der Waals surface area contributed by atoms with Crippen molar-refractivity contribution in [3.8, 4) is 0 Å². The minimum atomic E-state index is -0.303. The first kappa shape index (κ1) is 15.8. The van der Waals surface area contributed by atoms with Crippen molar-refractivity contribution in [2.75, 3.05) is 0 Å². The molecule has 0 heterocycles. The van der Waals surface area contributed by atoms with Crippen molar-refractivity contribution in [2.45, 2.75) is 51.6 Å². The fraction of sp³-hybridized carbons (Fsp3) is 0.526. The van der Waals surface area contributed by atoms with Gasteiger partial charge in [0.05, 0.1) is 0 Å². The van der Waals surface area contributed by atoms with E-state index in [0.717, 1.165) is 12.8 Å². The quantitative estimate of drug-likeness (QED) is 0.602. The SMILES string of the molecule is C=CC(=O)OC1CC(C)CCC1C(C)(C)c1ccccc1. The fourth-order valence-electron chi connectivity index (χ4n) is 3.56. The van der Waals surface area contributed by atoms with Gasteiger partial charge < -0.3 is 4.74 Å². The lowest BCUT2D eigenvalue weighted by molar-refractivity contribution is -0.150. The van der Waals surface area contributed by atoms with E-state index < -0.39 is 0 Å². The lowest BCUT2D eigenvalue weighted by Gasteiger charge is -2.43. The Balaban J connectivity index is 2.25. The van der Waals surface area contributed by atoms with Crippen LogP contribution in [0.25, 0.3) is 0 Å². The third-order valence-corrected chi connectivity index (χ3v) is 4.93. The molecule has 0 saturated heterocycles. The molecule has 0 spiro atoms. The zero-order valence-corrected chi connectivity index (χ0v) is 13.3. The van der Waals surface area contributed by atoms with Gasteiger partial charge in [0.1, 0.15) is 6.10 Å². The Morgan fingerprint density at radius 3 is 2.57 bits per heavy atom. The summed E-state index contributed by atoms with van der Waals surface area (Å²) in [6.07, 6.45) is 4.49. The third kappa shape index (κ3) is 3.55. The van der Waals surface area contributed by atoms with Crippen LogP contribution in [0, 0.1) is 11.8 Å². The number of esters is 1. The van der Waals surface area contributed by atoms with E-state index in [0.29, 0.717) is 11.8 Å². The Bertz CT molecular complexity index is 490. The molecular formula is C19H26O2. The Kier molecular flexibility index (Phi) is 4.87. The number of carbonyl (C=O) groups is 1. The van der Waals surface area contributed by atoms with Crippen molar-refractivity contribution in [1.82, 2.24) is 0 Å². The molecule has 0 aromatic heterocycles. The molecule has 0 aliphatic heterocycles. The molecule has 1 aromatic rings. The summed E-state index contributed by atoms with van der Waals surface area (Å²) in [6, 6.07) is 10.5. The van der Waals surface area contributed by atoms with Gasteiger partial charge in [-0.25, -0.2) is 4.79 Å². The van der Waals surface area contributed by atoms with Gasteiger partial charge in [-0.1, -0.05) is 64.1 Å². The number of ether oxygens (including phenoxy) is 1. The van der Waals surface area contributed by atoms with E-state index in [4.69, 9.17) is 4.74 Å². The fourth-order valence-corrected chi connectivity index (χ4v) is 3.56. The van der Waals surface area contributed by atoms with E-state index in [9.17, 15) is 4.79 Å². The van der Waals surface area contributed by atoms with E-state index in [2.05, 4.69) is 51.6 Å². The van der Waals surface area contributed by atoms with E-state index in [1.165, 1.54) is 18.1 Å². The molecule has 114 valence electrons.